The second-order valence-corrected chi connectivity index (χ2v) is 8.03. The van der Waals surface area contributed by atoms with Crippen LogP contribution in [0.25, 0.3) is 0 Å². The molecule has 6 nitrogen and oxygen atoms in total. The third-order valence-corrected chi connectivity index (χ3v) is 6.69. The lowest BCUT2D eigenvalue weighted by Crippen LogP contribution is -2.40. The van der Waals surface area contributed by atoms with Crippen molar-refractivity contribution < 1.29 is 23.5 Å². The molecule has 1 aromatic carbocycles. The standard InChI is InChI=1S/C22H17NO5/c24-20-18-13-7-8-14(16-10-15(13)16)19(18)21(25)23(20)11-3-5-12(6-4-11)28-22(26)17-2-1-9-27-17/h1-9,13-16,18-19H,10H2/t13-,14-,15-,16+,18+,19+/m0/s1. The van der Waals surface area contributed by atoms with Gasteiger partial charge in [-0.15, -0.1) is 0 Å². The molecule has 3 fully saturated rings. The second kappa shape index (κ2) is 5.44. The molecule has 140 valence electrons. The first-order valence-corrected chi connectivity index (χ1v) is 9.55. The monoisotopic (exact) mass is 375 g/mol. The van der Waals surface area contributed by atoms with E-state index in [0.717, 1.165) is 6.42 Å². The van der Waals surface area contributed by atoms with Crippen LogP contribution in [0.4, 0.5) is 5.69 Å². The van der Waals surface area contributed by atoms with E-state index in [9.17, 15) is 14.4 Å². The molecule has 0 radical (unpaired) electrons. The molecule has 2 bridgehead atoms. The zero-order valence-electron chi connectivity index (χ0n) is 14.9. The number of benzene rings is 1. The number of amides is 2. The number of allylic oxidation sites excluding steroid dienone is 2. The van der Waals surface area contributed by atoms with E-state index in [1.54, 1.807) is 30.3 Å². The number of hydrogen-bond donors (Lipinski definition) is 0. The molecule has 28 heavy (non-hydrogen) atoms. The number of rotatable bonds is 3. The van der Waals surface area contributed by atoms with Crippen molar-refractivity contribution in [2.75, 3.05) is 4.90 Å². The highest BCUT2D eigenvalue weighted by Crippen LogP contribution is 2.65. The Morgan fingerprint density at radius 1 is 0.964 bits per heavy atom. The average Bonchev–Trinajstić information content (AvgIpc) is 3.27. The quantitative estimate of drug-likeness (QED) is 0.357. The molecule has 4 aliphatic carbocycles. The van der Waals surface area contributed by atoms with Crippen molar-refractivity contribution in [3.8, 4) is 5.75 Å². The van der Waals surface area contributed by atoms with Crippen molar-refractivity contribution >= 4 is 23.5 Å². The Balaban J connectivity index is 1.25. The van der Waals surface area contributed by atoms with E-state index in [-0.39, 0.29) is 41.2 Å². The Morgan fingerprint density at radius 3 is 2.18 bits per heavy atom. The Morgan fingerprint density at radius 2 is 1.61 bits per heavy atom. The Hall–Kier alpha value is -3.15. The van der Waals surface area contributed by atoms with Gasteiger partial charge in [-0.25, -0.2) is 4.79 Å². The molecule has 1 saturated heterocycles. The number of esters is 1. The molecule has 1 aliphatic heterocycles. The lowest BCUT2D eigenvalue weighted by atomic mass is 9.63. The molecule has 2 heterocycles. The van der Waals surface area contributed by atoms with Gasteiger partial charge >= 0.3 is 5.97 Å². The fraction of sp³-hybridized carbons (Fsp3) is 0.318. The molecule has 5 aliphatic rings. The first-order valence-electron chi connectivity index (χ1n) is 9.55. The summed E-state index contributed by atoms with van der Waals surface area (Å²) in [6.07, 6.45) is 6.86. The zero-order chi connectivity index (χ0) is 19.0. The van der Waals surface area contributed by atoms with Crippen LogP contribution in [0.15, 0.2) is 59.2 Å². The first kappa shape index (κ1) is 15.9. The summed E-state index contributed by atoms with van der Waals surface area (Å²) in [6.45, 7) is 0. The number of nitrogens with zero attached hydrogens (tertiary/aromatic N) is 1. The summed E-state index contributed by atoms with van der Waals surface area (Å²) in [7, 11) is 0. The molecule has 0 unspecified atom stereocenters. The first-order chi connectivity index (χ1) is 13.6. The Labute approximate surface area is 160 Å². The molecular weight excluding hydrogens is 358 g/mol. The van der Waals surface area contributed by atoms with Crippen molar-refractivity contribution in [3.05, 3.63) is 60.6 Å². The largest absolute Gasteiger partial charge is 0.457 e. The molecule has 7 rings (SSSR count). The van der Waals surface area contributed by atoms with Gasteiger partial charge in [0.05, 0.1) is 23.8 Å². The van der Waals surface area contributed by atoms with Crippen molar-refractivity contribution in [1.82, 2.24) is 0 Å². The number of anilines is 1. The van der Waals surface area contributed by atoms with Crippen LogP contribution in [0.1, 0.15) is 17.0 Å². The van der Waals surface area contributed by atoms with Crippen LogP contribution >= 0.6 is 0 Å². The van der Waals surface area contributed by atoms with Crippen molar-refractivity contribution in [3.63, 3.8) is 0 Å². The summed E-state index contributed by atoms with van der Waals surface area (Å²) in [5.41, 5.74) is 0.523. The van der Waals surface area contributed by atoms with Crippen LogP contribution in [0.2, 0.25) is 0 Å². The number of imide groups is 1. The van der Waals surface area contributed by atoms with E-state index >= 15 is 0 Å². The maximum atomic E-state index is 13.1. The molecule has 6 heteroatoms. The highest BCUT2D eigenvalue weighted by Gasteiger charge is 2.67. The molecule has 0 N–H and O–H groups in total. The van der Waals surface area contributed by atoms with E-state index < -0.39 is 5.97 Å². The summed E-state index contributed by atoms with van der Waals surface area (Å²) >= 11 is 0. The van der Waals surface area contributed by atoms with Gasteiger partial charge in [-0.1, -0.05) is 12.2 Å². The highest BCUT2D eigenvalue weighted by atomic mass is 16.5. The van der Waals surface area contributed by atoms with Crippen LogP contribution < -0.4 is 9.64 Å². The van der Waals surface area contributed by atoms with Crippen LogP contribution in [-0.4, -0.2) is 17.8 Å². The van der Waals surface area contributed by atoms with Crippen LogP contribution in [0.3, 0.4) is 0 Å². The van der Waals surface area contributed by atoms with Crippen LogP contribution in [-0.2, 0) is 9.59 Å². The van der Waals surface area contributed by atoms with E-state index in [0.29, 0.717) is 23.3 Å². The number of hydrogen-bond acceptors (Lipinski definition) is 5. The van der Waals surface area contributed by atoms with Gasteiger partial charge in [-0.05, 0) is 66.5 Å². The highest BCUT2D eigenvalue weighted by molar-refractivity contribution is 6.22. The predicted octanol–water partition coefficient (Wildman–Crippen LogP) is 3.06. The SMILES string of the molecule is O=C(Oc1ccc(N2C(=O)[C@@H]3[C@H]4C=C[C@@H]([C@@H]5C[C@H]45)[C@H]3C2=O)cc1)c1ccco1. The average molecular weight is 375 g/mol. The van der Waals surface area contributed by atoms with E-state index in [4.69, 9.17) is 9.15 Å². The molecule has 2 amide bonds. The minimum absolute atomic E-state index is 0.0972. The molecule has 1 aromatic heterocycles. The van der Waals surface area contributed by atoms with Crippen LogP contribution in [0.5, 0.6) is 5.75 Å². The normalized spacial score (nSPS) is 34.4. The molecular formula is C22H17NO5. The number of furan rings is 1. The van der Waals surface area contributed by atoms with E-state index in [1.807, 2.05) is 0 Å². The molecule has 0 spiro atoms. The third-order valence-electron chi connectivity index (χ3n) is 6.69. The van der Waals surface area contributed by atoms with E-state index in [2.05, 4.69) is 12.2 Å². The van der Waals surface area contributed by atoms with Crippen molar-refractivity contribution in [1.29, 1.82) is 0 Å². The third kappa shape index (κ3) is 2.06. The van der Waals surface area contributed by atoms with Gasteiger partial charge in [-0.2, -0.15) is 0 Å². The molecule has 2 saturated carbocycles. The van der Waals surface area contributed by atoms with Gasteiger partial charge in [0.25, 0.3) is 0 Å². The number of carbonyl (C=O) groups is 3. The summed E-state index contributed by atoms with van der Waals surface area (Å²) in [6, 6.07) is 9.59. The summed E-state index contributed by atoms with van der Waals surface area (Å²) in [4.78, 5) is 39.5. The minimum Gasteiger partial charge on any atom is -0.457 e. The van der Waals surface area contributed by atoms with Crippen LogP contribution in [0, 0.1) is 35.5 Å². The van der Waals surface area contributed by atoms with Crippen molar-refractivity contribution in [2.24, 2.45) is 35.5 Å². The lowest BCUT2D eigenvalue weighted by molar-refractivity contribution is -0.124. The maximum Gasteiger partial charge on any atom is 0.379 e. The Kier molecular flexibility index (Phi) is 3.08. The van der Waals surface area contributed by atoms with Gasteiger partial charge in [0.15, 0.2) is 0 Å². The van der Waals surface area contributed by atoms with Gasteiger partial charge in [-0.3, -0.25) is 14.5 Å². The predicted molar refractivity (Wildman–Crippen MR) is 97.3 cm³/mol. The Bertz CT molecular complexity index is 986. The number of carbonyl (C=O) groups excluding carboxylic acids is 3. The fourth-order valence-electron chi connectivity index (χ4n) is 5.43. The van der Waals surface area contributed by atoms with E-state index in [1.165, 1.54) is 17.2 Å². The minimum atomic E-state index is -0.598. The fourth-order valence-corrected chi connectivity index (χ4v) is 5.43. The zero-order valence-corrected chi connectivity index (χ0v) is 14.9. The number of ether oxygens (including phenoxy) is 1. The van der Waals surface area contributed by atoms with Gasteiger partial charge < -0.3 is 9.15 Å². The molecule has 6 atom stereocenters. The smallest absolute Gasteiger partial charge is 0.379 e. The maximum absolute atomic E-state index is 13.1. The molecule has 2 aromatic rings. The van der Waals surface area contributed by atoms with Gasteiger partial charge in [0.2, 0.25) is 17.6 Å². The van der Waals surface area contributed by atoms with Crippen molar-refractivity contribution in [2.45, 2.75) is 6.42 Å². The summed E-state index contributed by atoms with van der Waals surface area (Å²) < 4.78 is 10.3. The summed E-state index contributed by atoms with van der Waals surface area (Å²) in [5.74, 6) is 0.770. The van der Waals surface area contributed by atoms with Gasteiger partial charge in [0, 0.05) is 0 Å². The van der Waals surface area contributed by atoms with Gasteiger partial charge in [0.1, 0.15) is 5.75 Å². The second-order valence-electron chi connectivity index (χ2n) is 8.03. The summed E-state index contributed by atoms with van der Waals surface area (Å²) in [5, 5.41) is 0. The topological polar surface area (TPSA) is 76.8 Å². The lowest BCUT2D eigenvalue weighted by Gasteiger charge is -2.37.